The molecule has 1 aliphatic carbocycles. The summed E-state index contributed by atoms with van der Waals surface area (Å²) in [5, 5.41) is 3.21. The Morgan fingerprint density at radius 3 is 1.58 bits per heavy atom. The first-order chi connectivity index (χ1) is 15.6. The molecule has 1 unspecified atom stereocenters. The van der Waals surface area contributed by atoms with Crippen molar-refractivity contribution in [1.82, 2.24) is 0 Å². The third-order valence-corrected chi connectivity index (χ3v) is 13.5. The largest absolute Gasteiger partial charge is 1.00 e. The number of allylic oxidation sites excluding steroid dienone is 4. The van der Waals surface area contributed by atoms with Gasteiger partial charge in [-0.2, -0.15) is 0 Å². The van der Waals surface area contributed by atoms with Crippen LogP contribution in [0.15, 0.2) is 83.4 Å². The fourth-order valence-corrected chi connectivity index (χ4v) is 11.5. The van der Waals surface area contributed by atoms with Crippen molar-refractivity contribution in [3.8, 4) is 0 Å². The molecule has 36 heavy (non-hydrogen) atoms. The molecule has 0 heterocycles. The molecular formula is C31H35Cl3SiTi. The Morgan fingerprint density at radius 2 is 1.11 bits per heavy atom. The zero-order valence-electron chi connectivity index (χ0n) is 22.3. The summed E-state index contributed by atoms with van der Waals surface area (Å²) in [4.78, 5) is 0. The molecule has 0 N–H and O–H groups in total. The number of hydrogen-bond donors (Lipinski definition) is 0. The Bertz CT molecular complexity index is 1230. The number of halogens is 3. The molecule has 0 saturated carbocycles. The molecule has 3 aromatic carbocycles. The van der Waals surface area contributed by atoms with Gasteiger partial charge in [0.25, 0.3) is 0 Å². The molecule has 0 nitrogen and oxygen atoms in total. The van der Waals surface area contributed by atoms with E-state index in [0.717, 1.165) is 0 Å². The summed E-state index contributed by atoms with van der Waals surface area (Å²) in [6, 6.07) is 26.5. The first-order valence-electron chi connectivity index (χ1n) is 12.0. The van der Waals surface area contributed by atoms with Crippen molar-refractivity contribution in [3.63, 3.8) is 0 Å². The van der Waals surface area contributed by atoms with Gasteiger partial charge in [-0.25, -0.2) is 0 Å². The average molecular weight is 590 g/mol. The molecule has 4 rings (SSSR count). The Balaban J connectivity index is 0.00000216. The molecule has 188 valence electrons. The van der Waals surface area contributed by atoms with Crippen LogP contribution in [0.2, 0.25) is 9.76 Å². The zero-order chi connectivity index (χ0) is 23.9. The number of rotatable bonds is 5. The summed E-state index contributed by atoms with van der Waals surface area (Å²) in [5.41, 5.74) is 13.0. The molecule has 1 aliphatic rings. The Kier molecular flexibility index (Phi) is 12.0. The van der Waals surface area contributed by atoms with Gasteiger partial charge in [-0.3, -0.25) is 0 Å². The normalized spacial score (nSPS) is 17.1. The van der Waals surface area contributed by atoms with E-state index in [1.807, 2.05) is 0 Å². The molecule has 5 heteroatoms. The minimum atomic E-state index is -1.53. The van der Waals surface area contributed by atoms with Gasteiger partial charge >= 0.3 is 215 Å². The number of benzene rings is 3. The molecule has 0 bridgehead atoms. The minimum absolute atomic E-state index is 0. The Morgan fingerprint density at radius 1 is 0.639 bits per heavy atom. The zero-order valence-corrected chi connectivity index (χ0v) is 27.3. The molecule has 0 aliphatic heterocycles. The molecule has 0 fully saturated rings. The van der Waals surface area contributed by atoms with E-state index in [4.69, 9.17) is 0 Å². The van der Waals surface area contributed by atoms with Crippen LogP contribution in [0.5, 0.6) is 0 Å². The first kappa shape index (κ1) is 33.0. The summed E-state index contributed by atoms with van der Waals surface area (Å²) >= 11 is 2.51. The fourth-order valence-electron chi connectivity index (χ4n) is 5.58. The topological polar surface area (TPSA) is 0 Å². The van der Waals surface area contributed by atoms with Crippen molar-refractivity contribution in [3.05, 3.63) is 111 Å². The van der Waals surface area contributed by atoms with E-state index in [9.17, 15) is 0 Å². The van der Waals surface area contributed by atoms with Crippen LogP contribution >= 0.6 is 0 Å². The maximum atomic E-state index is 2.51. The predicted octanol–water partition coefficient (Wildman–Crippen LogP) is -2.20. The van der Waals surface area contributed by atoms with E-state index in [-0.39, 0.29) is 40.9 Å². The van der Waals surface area contributed by atoms with Crippen molar-refractivity contribution < 1.29 is 57.7 Å². The van der Waals surface area contributed by atoms with Gasteiger partial charge in [-0.05, 0) is 0 Å². The second-order valence-corrected chi connectivity index (χ2v) is 14.1. The molecule has 0 radical (unpaired) electrons. The quantitative estimate of drug-likeness (QED) is 0.297. The summed E-state index contributed by atoms with van der Waals surface area (Å²) in [6.45, 7) is 16.1. The minimum Gasteiger partial charge on any atom is -1.00 e. The third-order valence-electron chi connectivity index (χ3n) is 7.76. The Hall–Kier alpha value is -1.06. The van der Waals surface area contributed by atoms with Crippen molar-refractivity contribution in [2.75, 3.05) is 0 Å². The molecule has 0 amide bonds. The van der Waals surface area contributed by atoms with Crippen molar-refractivity contribution >= 4 is 24.7 Å². The van der Waals surface area contributed by atoms with Crippen LogP contribution in [-0.4, -0.2) is 8.80 Å². The second kappa shape index (κ2) is 13.1. The summed E-state index contributed by atoms with van der Waals surface area (Å²) in [6.07, 6.45) is 0. The maximum absolute atomic E-state index is 2.51. The summed E-state index contributed by atoms with van der Waals surface area (Å²) < 4.78 is 0.0405. The van der Waals surface area contributed by atoms with Gasteiger partial charge in [0.05, 0.1) is 0 Å². The van der Waals surface area contributed by atoms with Gasteiger partial charge in [0.1, 0.15) is 0 Å². The van der Waals surface area contributed by atoms with Crippen molar-refractivity contribution in [2.45, 2.75) is 58.2 Å². The average Bonchev–Trinajstić information content (AvgIpc) is 2.96. The summed E-state index contributed by atoms with van der Waals surface area (Å²) in [5.74, 6) is 0. The van der Waals surface area contributed by atoms with Gasteiger partial charge in [0, 0.05) is 0 Å². The van der Waals surface area contributed by atoms with Crippen LogP contribution in [0.3, 0.4) is 0 Å². The van der Waals surface area contributed by atoms with Crippen molar-refractivity contribution in [1.29, 1.82) is 0 Å². The molecule has 1 atom stereocenters. The Labute approximate surface area is 250 Å². The van der Waals surface area contributed by atoms with Crippen LogP contribution in [0.4, 0.5) is 0 Å². The molecule has 0 aromatic heterocycles. The summed E-state index contributed by atoms with van der Waals surface area (Å²) in [7, 11) is -1.53. The SMILES string of the molecule is CC1=C(C)[C]([Ti+3])(C[SiH](c2cc(C)ccc2C)c2cc(C)ccc2C)C(c2ccccc2)=C1C.[Cl-].[Cl-].[Cl-]. The van der Waals surface area contributed by atoms with E-state index in [0.29, 0.717) is 0 Å². The second-order valence-electron chi connectivity index (χ2n) is 10.00. The molecular weight excluding hydrogens is 555 g/mol. The molecule has 0 spiro atoms. The van der Waals surface area contributed by atoms with E-state index in [2.05, 4.69) is 136 Å². The molecule has 0 saturated heterocycles. The smallest absolute Gasteiger partial charge is 1.00 e. The van der Waals surface area contributed by atoms with Crippen molar-refractivity contribution in [2.24, 2.45) is 0 Å². The van der Waals surface area contributed by atoms with Crippen LogP contribution in [0.1, 0.15) is 48.6 Å². The van der Waals surface area contributed by atoms with E-state index in [1.165, 1.54) is 50.6 Å². The molecule has 3 aromatic rings. The van der Waals surface area contributed by atoms with Crippen LogP contribution in [0, 0.1) is 27.7 Å². The van der Waals surface area contributed by atoms with Gasteiger partial charge in [0.15, 0.2) is 0 Å². The van der Waals surface area contributed by atoms with Crippen LogP contribution in [0.25, 0.3) is 5.57 Å². The van der Waals surface area contributed by atoms with Gasteiger partial charge in [-0.15, -0.1) is 0 Å². The standard InChI is InChI=1S/C31H35Si.3ClH.Ti/c1-20-13-15-22(3)29(17-20)32(30-18-21(2)14-16-23(30)4)19-28-25(6)24(5)26(7)31(28)27-11-9-8-10-12-27;;;;/h8-18,32H,19H2,1-7H3;3*1H;/q;;;;+3/p-3. The van der Waals surface area contributed by atoms with Gasteiger partial charge in [-0.1, -0.05) is 0 Å². The monoisotopic (exact) mass is 588 g/mol. The van der Waals surface area contributed by atoms with Crippen LogP contribution in [-0.2, 0) is 20.4 Å². The number of hydrogen-bond acceptors (Lipinski definition) is 0. The van der Waals surface area contributed by atoms with Gasteiger partial charge in [0.2, 0.25) is 0 Å². The van der Waals surface area contributed by atoms with Gasteiger partial charge < -0.3 is 37.2 Å². The predicted molar refractivity (Wildman–Crippen MR) is 143 cm³/mol. The third kappa shape index (κ3) is 6.15. The fraction of sp³-hybridized carbons (Fsp3) is 0.290. The van der Waals surface area contributed by atoms with E-state index >= 15 is 0 Å². The maximum Gasteiger partial charge on any atom is -1.00 e. The van der Waals surface area contributed by atoms with E-state index < -0.39 is 8.80 Å². The van der Waals surface area contributed by atoms with Crippen LogP contribution < -0.4 is 47.6 Å². The van der Waals surface area contributed by atoms with E-state index in [1.54, 1.807) is 15.9 Å². The number of aryl methyl sites for hydroxylation is 4. The first-order valence-corrected chi connectivity index (χ1v) is 14.7.